The van der Waals surface area contributed by atoms with Gasteiger partial charge in [0.15, 0.2) is 0 Å². The molecule has 0 fully saturated rings. The molecule has 8 heteroatoms. The molecule has 1 unspecified atom stereocenters. The van der Waals surface area contributed by atoms with Crippen LogP contribution in [0.3, 0.4) is 0 Å². The summed E-state index contributed by atoms with van der Waals surface area (Å²) in [6.07, 6.45) is -1.43. The molecule has 0 spiro atoms. The van der Waals surface area contributed by atoms with Crippen LogP contribution in [0.25, 0.3) is 22.0 Å². The number of alkyl halides is 3. The van der Waals surface area contributed by atoms with Crippen molar-refractivity contribution >= 4 is 16.8 Å². The van der Waals surface area contributed by atoms with Gasteiger partial charge in [0.1, 0.15) is 0 Å². The van der Waals surface area contributed by atoms with Crippen molar-refractivity contribution in [1.82, 2.24) is 15.3 Å². The molecule has 2 aromatic heterocycles. The summed E-state index contributed by atoms with van der Waals surface area (Å²) >= 11 is 0. The fourth-order valence-electron chi connectivity index (χ4n) is 3.39. The highest BCUT2D eigenvalue weighted by Crippen LogP contribution is 2.33. The molecular formula is C24H18F3N3O2. The Hall–Kier alpha value is -3.78. The summed E-state index contributed by atoms with van der Waals surface area (Å²) in [7, 11) is 0. The average molecular weight is 437 g/mol. The first-order chi connectivity index (χ1) is 15.4. The van der Waals surface area contributed by atoms with Crippen LogP contribution in [0.4, 0.5) is 13.2 Å². The number of pyridine rings is 2. The van der Waals surface area contributed by atoms with Crippen molar-refractivity contribution in [2.75, 3.05) is 6.61 Å². The Morgan fingerprint density at radius 1 is 1.00 bits per heavy atom. The van der Waals surface area contributed by atoms with E-state index in [0.29, 0.717) is 27.7 Å². The quantitative estimate of drug-likeness (QED) is 0.471. The van der Waals surface area contributed by atoms with E-state index < -0.39 is 23.7 Å². The van der Waals surface area contributed by atoms with Crippen molar-refractivity contribution in [3.8, 4) is 11.1 Å². The lowest BCUT2D eigenvalue weighted by molar-refractivity contribution is -0.137. The van der Waals surface area contributed by atoms with Crippen LogP contribution in [-0.4, -0.2) is 27.6 Å². The van der Waals surface area contributed by atoms with Crippen molar-refractivity contribution in [3.63, 3.8) is 0 Å². The van der Waals surface area contributed by atoms with Gasteiger partial charge in [0.25, 0.3) is 5.91 Å². The third-order valence-corrected chi connectivity index (χ3v) is 5.03. The van der Waals surface area contributed by atoms with Gasteiger partial charge in [-0.25, -0.2) is 0 Å². The van der Waals surface area contributed by atoms with Crippen LogP contribution in [0.15, 0.2) is 79.1 Å². The second-order valence-electron chi connectivity index (χ2n) is 7.14. The number of halogens is 3. The minimum Gasteiger partial charge on any atom is -0.394 e. The number of para-hydroxylation sites is 1. The molecule has 0 bridgehead atoms. The summed E-state index contributed by atoms with van der Waals surface area (Å²) in [5.74, 6) is -0.427. The monoisotopic (exact) mass is 437 g/mol. The largest absolute Gasteiger partial charge is 0.416 e. The predicted octanol–water partition coefficient (Wildman–Crippen LogP) is 4.78. The Kier molecular flexibility index (Phi) is 5.87. The molecule has 0 saturated heterocycles. The van der Waals surface area contributed by atoms with Crippen molar-refractivity contribution in [2.24, 2.45) is 0 Å². The Balaban J connectivity index is 1.62. The summed E-state index contributed by atoms with van der Waals surface area (Å²) in [5, 5.41) is 13.0. The smallest absolute Gasteiger partial charge is 0.394 e. The van der Waals surface area contributed by atoms with Gasteiger partial charge in [-0.3, -0.25) is 14.8 Å². The standard InChI is InChI=1S/C24H18F3N3O2/c25-24(26,27)18-9-7-15(8-10-18)19-5-3-4-16-12-17(13-29-22(16)19)23(32)30-21(14-31)20-6-1-2-11-28-20/h1-13,21,31H,14H2,(H,30,32). The van der Waals surface area contributed by atoms with Crippen LogP contribution in [0.1, 0.15) is 27.7 Å². The molecule has 0 saturated carbocycles. The first kappa shape index (κ1) is 21.5. The molecule has 2 N–H and O–H groups in total. The van der Waals surface area contributed by atoms with Crippen molar-refractivity contribution in [3.05, 3.63) is 95.9 Å². The highest BCUT2D eigenvalue weighted by atomic mass is 19.4. The molecule has 1 amide bonds. The topological polar surface area (TPSA) is 75.1 Å². The number of carbonyl (C=O) groups excluding carboxylic acids is 1. The fraction of sp³-hybridized carbons (Fsp3) is 0.125. The number of aromatic nitrogens is 2. The van der Waals surface area contributed by atoms with Gasteiger partial charge in [0.2, 0.25) is 0 Å². The van der Waals surface area contributed by atoms with Gasteiger partial charge in [0, 0.05) is 23.3 Å². The lowest BCUT2D eigenvalue weighted by Crippen LogP contribution is -2.31. The second kappa shape index (κ2) is 8.76. The molecule has 2 aromatic carbocycles. The molecule has 0 aliphatic rings. The second-order valence-corrected chi connectivity index (χ2v) is 7.14. The van der Waals surface area contributed by atoms with E-state index in [1.165, 1.54) is 18.3 Å². The summed E-state index contributed by atoms with van der Waals surface area (Å²) in [6, 6.07) is 16.3. The van der Waals surface area contributed by atoms with Crippen LogP contribution in [-0.2, 0) is 6.18 Å². The zero-order chi connectivity index (χ0) is 22.7. The number of hydrogen-bond acceptors (Lipinski definition) is 4. The summed E-state index contributed by atoms with van der Waals surface area (Å²) in [5.41, 5.74) is 1.90. The number of carbonyl (C=O) groups is 1. The Morgan fingerprint density at radius 3 is 2.44 bits per heavy atom. The van der Waals surface area contributed by atoms with Crippen molar-refractivity contribution < 1.29 is 23.1 Å². The predicted molar refractivity (Wildman–Crippen MR) is 114 cm³/mol. The molecule has 4 aromatic rings. The maximum absolute atomic E-state index is 12.8. The third kappa shape index (κ3) is 4.45. The van der Waals surface area contributed by atoms with Gasteiger partial charge in [-0.05, 0) is 35.9 Å². The van der Waals surface area contributed by atoms with Crippen LogP contribution in [0.2, 0.25) is 0 Å². The van der Waals surface area contributed by atoms with Gasteiger partial charge >= 0.3 is 6.18 Å². The van der Waals surface area contributed by atoms with Crippen LogP contribution in [0.5, 0.6) is 0 Å². The van der Waals surface area contributed by atoms with E-state index >= 15 is 0 Å². The average Bonchev–Trinajstić information content (AvgIpc) is 2.81. The number of aliphatic hydroxyl groups excluding tert-OH is 1. The number of nitrogens with one attached hydrogen (secondary N) is 1. The number of hydrogen-bond donors (Lipinski definition) is 2. The van der Waals surface area contributed by atoms with Gasteiger partial charge < -0.3 is 10.4 Å². The SMILES string of the molecule is O=C(NC(CO)c1ccccn1)c1cnc2c(-c3ccc(C(F)(F)F)cc3)cccc2c1. The number of fused-ring (bicyclic) bond motifs is 1. The molecule has 32 heavy (non-hydrogen) atoms. The third-order valence-electron chi connectivity index (χ3n) is 5.03. The molecule has 0 aliphatic carbocycles. The zero-order valence-corrected chi connectivity index (χ0v) is 16.7. The molecule has 4 rings (SSSR count). The molecule has 162 valence electrons. The van der Waals surface area contributed by atoms with Crippen LogP contribution < -0.4 is 5.32 Å². The number of amides is 1. The molecule has 0 aliphatic heterocycles. The van der Waals surface area contributed by atoms with Gasteiger partial charge in [-0.15, -0.1) is 0 Å². The molecule has 5 nitrogen and oxygen atoms in total. The lowest BCUT2D eigenvalue weighted by atomic mass is 10.00. The lowest BCUT2D eigenvalue weighted by Gasteiger charge is -2.16. The number of rotatable bonds is 5. The fourth-order valence-corrected chi connectivity index (χ4v) is 3.39. The summed E-state index contributed by atoms with van der Waals surface area (Å²) < 4.78 is 38.5. The van der Waals surface area contributed by atoms with Crippen molar-refractivity contribution in [2.45, 2.75) is 12.2 Å². The molecule has 1 atom stereocenters. The minimum atomic E-state index is -4.40. The summed E-state index contributed by atoms with van der Waals surface area (Å²) in [6.45, 7) is -0.318. The highest BCUT2D eigenvalue weighted by molar-refractivity contribution is 6.00. The Morgan fingerprint density at radius 2 is 1.78 bits per heavy atom. The number of aliphatic hydroxyl groups is 1. The first-order valence-electron chi connectivity index (χ1n) is 9.76. The van der Waals surface area contributed by atoms with E-state index in [4.69, 9.17) is 0 Å². The highest BCUT2D eigenvalue weighted by Gasteiger charge is 2.30. The summed E-state index contributed by atoms with van der Waals surface area (Å²) in [4.78, 5) is 21.3. The van der Waals surface area contributed by atoms with E-state index in [1.807, 2.05) is 0 Å². The normalized spacial score (nSPS) is 12.5. The Labute approximate surface area is 181 Å². The van der Waals surface area contributed by atoms with E-state index in [9.17, 15) is 23.1 Å². The van der Waals surface area contributed by atoms with E-state index in [2.05, 4.69) is 15.3 Å². The minimum absolute atomic E-state index is 0.288. The molecule has 0 radical (unpaired) electrons. The maximum Gasteiger partial charge on any atom is 0.416 e. The van der Waals surface area contributed by atoms with Gasteiger partial charge in [-0.1, -0.05) is 36.4 Å². The van der Waals surface area contributed by atoms with Crippen LogP contribution in [0, 0.1) is 0 Å². The van der Waals surface area contributed by atoms with E-state index in [-0.39, 0.29) is 12.2 Å². The molecular weight excluding hydrogens is 419 g/mol. The molecule has 2 heterocycles. The van der Waals surface area contributed by atoms with Crippen molar-refractivity contribution in [1.29, 1.82) is 0 Å². The van der Waals surface area contributed by atoms with Gasteiger partial charge in [-0.2, -0.15) is 13.2 Å². The maximum atomic E-state index is 12.8. The van der Waals surface area contributed by atoms with E-state index in [1.54, 1.807) is 48.7 Å². The number of nitrogens with zero attached hydrogens (tertiary/aromatic N) is 2. The van der Waals surface area contributed by atoms with E-state index in [0.717, 1.165) is 12.1 Å². The number of benzene rings is 2. The van der Waals surface area contributed by atoms with Gasteiger partial charge in [0.05, 0.1) is 35.0 Å². The van der Waals surface area contributed by atoms with Crippen LogP contribution >= 0.6 is 0 Å². The Bertz CT molecular complexity index is 1240. The first-order valence-corrected chi connectivity index (χ1v) is 9.76. The zero-order valence-electron chi connectivity index (χ0n) is 16.7.